The Morgan fingerprint density at radius 1 is 1.46 bits per heavy atom. The van der Waals surface area contributed by atoms with Crippen molar-refractivity contribution in [1.29, 1.82) is 0 Å². The number of carbonyl (C=O) groups is 1. The van der Waals surface area contributed by atoms with Crippen LogP contribution in [0, 0.1) is 0 Å². The molecule has 70 valence electrons. The summed E-state index contributed by atoms with van der Waals surface area (Å²) in [6, 6.07) is 0. The van der Waals surface area contributed by atoms with Crippen LogP contribution in [0.1, 0.15) is 10.4 Å². The number of pyridine rings is 1. The van der Waals surface area contributed by atoms with Crippen LogP contribution in [0.15, 0.2) is 16.9 Å². The molecule has 0 aromatic carbocycles. The minimum absolute atomic E-state index is 0.305. The molecule has 0 aliphatic rings. The molecule has 13 heavy (non-hydrogen) atoms. The van der Waals surface area contributed by atoms with Gasteiger partial charge in [0.25, 0.3) is 0 Å². The Hall–Kier alpha value is -1.10. The number of esters is 1. The first kappa shape index (κ1) is 9.98. The summed E-state index contributed by atoms with van der Waals surface area (Å²) in [5.74, 6) is -0.0347. The van der Waals surface area contributed by atoms with Crippen LogP contribution in [0.2, 0.25) is 0 Å². The molecule has 0 atom stereocenters. The van der Waals surface area contributed by atoms with E-state index in [0.717, 1.165) is 0 Å². The maximum atomic E-state index is 11.2. The van der Waals surface area contributed by atoms with Crippen molar-refractivity contribution in [2.45, 2.75) is 0 Å². The zero-order valence-corrected chi connectivity index (χ0v) is 8.79. The first-order valence-corrected chi connectivity index (χ1v) is 4.25. The van der Waals surface area contributed by atoms with E-state index in [2.05, 4.69) is 25.7 Å². The van der Waals surface area contributed by atoms with E-state index in [4.69, 9.17) is 4.74 Å². The number of hydrogen-bond acceptors (Lipinski definition) is 4. The van der Waals surface area contributed by atoms with Gasteiger partial charge >= 0.3 is 5.97 Å². The molecule has 0 unspecified atom stereocenters. The minimum atomic E-state index is -0.467. The number of hydrogen-bond donors (Lipinski definition) is 0. The standard InChI is InChI=1S/C8H8BrNO3/c1-12-7-5(8(11)13-2)3-10-4-6(7)9/h3-4H,1-2H3. The monoisotopic (exact) mass is 245 g/mol. The molecular weight excluding hydrogens is 238 g/mol. The van der Waals surface area contributed by atoms with E-state index >= 15 is 0 Å². The summed E-state index contributed by atoms with van der Waals surface area (Å²) in [6.07, 6.45) is 2.95. The van der Waals surface area contributed by atoms with Gasteiger partial charge in [-0.25, -0.2) is 4.79 Å². The van der Waals surface area contributed by atoms with Crippen molar-refractivity contribution < 1.29 is 14.3 Å². The molecule has 0 amide bonds. The van der Waals surface area contributed by atoms with Gasteiger partial charge < -0.3 is 9.47 Å². The number of aromatic nitrogens is 1. The van der Waals surface area contributed by atoms with Gasteiger partial charge in [0.1, 0.15) is 5.56 Å². The van der Waals surface area contributed by atoms with Crippen LogP contribution in [-0.2, 0) is 4.74 Å². The zero-order valence-electron chi connectivity index (χ0n) is 7.20. The highest BCUT2D eigenvalue weighted by Crippen LogP contribution is 2.27. The molecule has 0 aliphatic heterocycles. The molecule has 0 bridgehead atoms. The zero-order chi connectivity index (χ0) is 9.84. The highest BCUT2D eigenvalue weighted by molar-refractivity contribution is 9.10. The Morgan fingerprint density at radius 3 is 2.69 bits per heavy atom. The highest BCUT2D eigenvalue weighted by atomic mass is 79.9. The average Bonchev–Trinajstić information content (AvgIpc) is 2.16. The predicted molar refractivity (Wildman–Crippen MR) is 49.8 cm³/mol. The summed E-state index contributed by atoms with van der Waals surface area (Å²) >= 11 is 3.21. The number of methoxy groups -OCH3 is 2. The summed E-state index contributed by atoms with van der Waals surface area (Å²) in [7, 11) is 2.79. The molecule has 1 heterocycles. The van der Waals surface area contributed by atoms with Crippen LogP contribution in [-0.4, -0.2) is 25.2 Å². The van der Waals surface area contributed by atoms with E-state index in [9.17, 15) is 4.79 Å². The van der Waals surface area contributed by atoms with Crippen LogP contribution in [0.3, 0.4) is 0 Å². The Kier molecular flexibility index (Phi) is 3.25. The third-order valence-electron chi connectivity index (χ3n) is 1.46. The van der Waals surface area contributed by atoms with Crippen LogP contribution in [0.4, 0.5) is 0 Å². The lowest BCUT2D eigenvalue weighted by atomic mass is 10.2. The van der Waals surface area contributed by atoms with Gasteiger partial charge in [-0.1, -0.05) is 0 Å². The van der Waals surface area contributed by atoms with E-state index in [1.807, 2.05) is 0 Å². The summed E-state index contributed by atoms with van der Waals surface area (Å²) in [5.41, 5.74) is 0.305. The molecule has 0 spiro atoms. The molecule has 1 aromatic rings. The Labute approximate surface area is 84.0 Å². The summed E-state index contributed by atoms with van der Waals surface area (Å²) in [6.45, 7) is 0. The third kappa shape index (κ3) is 1.98. The van der Waals surface area contributed by atoms with Crippen molar-refractivity contribution in [3.05, 3.63) is 22.4 Å². The fourth-order valence-corrected chi connectivity index (χ4v) is 1.38. The second kappa shape index (κ2) is 4.23. The molecule has 4 nitrogen and oxygen atoms in total. The largest absolute Gasteiger partial charge is 0.495 e. The molecular formula is C8H8BrNO3. The van der Waals surface area contributed by atoms with E-state index < -0.39 is 5.97 Å². The highest BCUT2D eigenvalue weighted by Gasteiger charge is 2.15. The number of ether oxygens (including phenoxy) is 2. The Morgan fingerprint density at radius 2 is 2.15 bits per heavy atom. The minimum Gasteiger partial charge on any atom is -0.495 e. The van der Waals surface area contributed by atoms with Gasteiger partial charge in [-0.2, -0.15) is 0 Å². The second-order valence-electron chi connectivity index (χ2n) is 2.19. The van der Waals surface area contributed by atoms with Crippen LogP contribution in [0.5, 0.6) is 5.75 Å². The molecule has 0 fully saturated rings. The van der Waals surface area contributed by atoms with Gasteiger partial charge in [0, 0.05) is 12.4 Å². The number of rotatable bonds is 2. The Bertz CT molecular complexity index is 327. The van der Waals surface area contributed by atoms with Crippen molar-refractivity contribution in [2.24, 2.45) is 0 Å². The van der Waals surface area contributed by atoms with E-state index in [1.54, 1.807) is 6.20 Å². The van der Waals surface area contributed by atoms with Crippen LogP contribution in [0.25, 0.3) is 0 Å². The van der Waals surface area contributed by atoms with Gasteiger partial charge in [-0.05, 0) is 15.9 Å². The third-order valence-corrected chi connectivity index (χ3v) is 2.03. The fraction of sp³-hybridized carbons (Fsp3) is 0.250. The maximum absolute atomic E-state index is 11.2. The quantitative estimate of drug-likeness (QED) is 0.744. The van der Waals surface area contributed by atoms with Crippen molar-refractivity contribution in [3.8, 4) is 5.75 Å². The van der Waals surface area contributed by atoms with Gasteiger partial charge in [-0.3, -0.25) is 4.98 Å². The van der Waals surface area contributed by atoms with E-state index in [-0.39, 0.29) is 0 Å². The predicted octanol–water partition coefficient (Wildman–Crippen LogP) is 1.64. The smallest absolute Gasteiger partial charge is 0.343 e. The topological polar surface area (TPSA) is 48.4 Å². The molecule has 0 saturated heterocycles. The molecule has 1 rings (SSSR count). The molecule has 0 radical (unpaired) electrons. The van der Waals surface area contributed by atoms with Gasteiger partial charge in [-0.15, -0.1) is 0 Å². The molecule has 0 N–H and O–H groups in total. The molecule has 1 aromatic heterocycles. The summed E-state index contributed by atoms with van der Waals surface area (Å²) < 4.78 is 10.2. The molecule has 0 aliphatic carbocycles. The number of nitrogens with zero attached hydrogens (tertiary/aromatic N) is 1. The van der Waals surface area contributed by atoms with Gasteiger partial charge in [0.05, 0.1) is 18.7 Å². The molecule has 0 saturated carbocycles. The summed E-state index contributed by atoms with van der Waals surface area (Å²) in [4.78, 5) is 15.0. The lowest BCUT2D eigenvalue weighted by Gasteiger charge is -2.06. The van der Waals surface area contributed by atoms with Crippen molar-refractivity contribution in [2.75, 3.05) is 14.2 Å². The lowest BCUT2D eigenvalue weighted by Crippen LogP contribution is -2.05. The van der Waals surface area contributed by atoms with Gasteiger partial charge in [0.15, 0.2) is 5.75 Å². The first-order valence-electron chi connectivity index (χ1n) is 3.46. The van der Waals surface area contributed by atoms with E-state index in [1.165, 1.54) is 20.4 Å². The van der Waals surface area contributed by atoms with Crippen molar-refractivity contribution >= 4 is 21.9 Å². The lowest BCUT2D eigenvalue weighted by molar-refractivity contribution is 0.0596. The normalized spacial score (nSPS) is 9.46. The van der Waals surface area contributed by atoms with Crippen LogP contribution < -0.4 is 4.74 Å². The van der Waals surface area contributed by atoms with Crippen molar-refractivity contribution in [1.82, 2.24) is 4.98 Å². The first-order chi connectivity index (χ1) is 6.20. The van der Waals surface area contributed by atoms with Gasteiger partial charge in [0.2, 0.25) is 0 Å². The fourth-order valence-electron chi connectivity index (χ4n) is 0.886. The van der Waals surface area contributed by atoms with Crippen molar-refractivity contribution in [3.63, 3.8) is 0 Å². The average molecular weight is 246 g/mol. The van der Waals surface area contributed by atoms with Crippen LogP contribution >= 0.6 is 15.9 Å². The van der Waals surface area contributed by atoms with E-state index in [0.29, 0.717) is 15.8 Å². The number of carbonyl (C=O) groups excluding carboxylic acids is 1. The Balaban J connectivity index is 3.20. The maximum Gasteiger partial charge on any atom is 0.343 e. The summed E-state index contributed by atoms with van der Waals surface area (Å²) in [5, 5.41) is 0. The number of halogens is 1. The second-order valence-corrected chi connectivity index (χ2v) is 3.05. The molecule has 5 heteroatoms. The SMILES string of the molecule is COC(=O)c1cncc(Br)c1OC.